The average molecular weight is 319 g/mol. The lowest BCUT2D eigenvalue weighted by Gasteiger charge is -2.08. The second kappa shape index (κ2) is 13.5. The summed E-state index contributed by atoms with van der Waals surface area (Å²) in [7, 11) is 0. The van der Waals surface area contributed by atoms with Gasteiger partial charge >= 0.3 is 0 Å². The predicted molar refractivity (Wildman–Crippen MR) is 101 cm³/mol. The minimum atomic E-state index is 1.02. The predicted octanol–water partition coefficient (Wildman–Crippen LogP) is 6.45. The quantitative estimate of drug-likeness (QED) is 0.368. The van der Waals surface area contributed by atoms with Crippen LogP contribution >= 0.6 is 0 Å². The fourth-order valence-corrected chi connectivity index (χ4v) is 3.02. The highest BCUT2D eigenvalue weighted by Crippen LogP contribution is 2.13. The first kappa shape index (κ1) is 20.1. The van der Waals surface area contributed by atoms with E-state index >= 15 is 0 Å². The lowest BCUT2D eigenvalue weighted by atomic mass is 10.1. The Morgan fingerprint density at radius 1 is 0.565 bits per heavy atom. The molecule has 1 aromatic rings. The fourth-order valence-electron chi connectivity index (χ4n) is 3.02. The number of hydrogen-bond acceptors (Lipinski definition) is 2. The Labute approximate surface area is 144 Å². The summed E-state index contributed by atoms with van der Waals surface area (Å²) in [6, 6.07) is 2.28. The molecular formula is C21H38N2. The average Bonchev–Trinajstić information content (AvgIpc) is 2.55. The van der Waals surface area contributed by atoms with E-state index in [9.17, 15) is 0 Å². The molecule has 132 valence electrons. The van der Waals surface area contributed by atoms with Crippen molar-refractivity contribution in [1.29, 1.82) is 0 Å². The minimum Gasteiger partial charge on any atom is -0.238 e. The van der Waals surface area contributed by atoms with Gasteiger partial charge in [-0.3, -0.25) is 0 Å². The van der Waals surface area contributed by atoms with Crippen LogP contribution in [0.5, 0.6) is 0 Å². The number of rotatable bonds is 14. The highest BCUT2D eigenvalue weighted by Gasteiger charge is 2.05. The van der Waals surface area contributed by atoms with Crippen molar-refractivity contribution in [1.82, 2.24) is 9.97 Å². The van der Waals surface area contributed by atoms with Crippen molar-refractivity contribution >= 4 is 0 Å². The van der Waals surface area contributed by atoms with Gasteiger partial charge in [0.2, 0.25) is 0 Å². The van der Waals surface area contributed by atoms with Crippen LogP contribution in [-0.4, -0.2) is 9.97 Å². The molecule has 0 unspecified atom stereocenters. The van der Waals surface area contributed by atoms with Crippen molar-refractivity contribution in [2.24, 2.45) is 0 Å². The van der Waals surface area contributed by atoms with Crippen LogP contribution in [0.1, 0.15) is 109 Å². The van der Waals surface area contributed by atoms with Gasteiger partial charge in [-0.25, -0.2) is 9.97 Å². The molecule has 0 fully saturated rings. The molecule has 0 aliphatic rings. The molecule has 0 spiro atoms. The normalized spacial score (nSPS) is 11.1. The highest BCUT2D eigenvalue weighted by atomic mass is 14.9. The van der Waals surface area contributed by atoms with Crippen molar-refractivity contribution in [2.75, 3.05) is 0 Å². The van der Waals surface area contributed by atoms with Crippen LogP contribution < -0.4 is 0 Å². The number of aromatic nitrogens is 2. The maximum atomic E-state index is 4.79. The largest absolute Gasteiger partial charge is 0.238 e. The van der Waals surface area contributed by atoms with Gasteiger partial charge in [-0.1, -0.05) is 72.1 Å². The third kappa shape index (κ3) is 9.73. The number of hydrogen-bond donors (Lipinski definition) is 0. The smallest absolute Gasteiger partial charge is 0.128 e. The van der Waals surface area contributed by atoms with Gasteiger partial charge in [-0.15, -0.1) is 0 Å². The Balaban J connectivity index is 2.48. The van der Waals surface area contributed by atoms with E-state index in [0.717, 1.165) is 31.5 Å². The molecule has 0 saturated carbocycles. The first-order valence-electron chi connectivity index (χ1n) is 10.2. The molecule has 0 radical (unpaired) electrons. The maximum Gasteiger partial charge on any atom is 0.128 e. The van der Waals surface area contributed by atoms with Crippen molar-refractivity contribution in [3.63, 3.8) is 0 Å². The lowest BCUT2D eigenvalue weighted by Crippen LogP contribution is -2.04. The molecule has 2 nitrogen and oxygen atoms in total. The van der Waals surface area contributed by atoms with Crippen molar-refractivity contribution in [3.8, 4) is 0 Å². The lowest BCUT2D eigenvalue weighted by molar-refractivity contribution is 0.617. The molecule has 1 heterocycles. The topological polar surface area (TPSA) is 25.8 Å². The van der Waals surface area contributed by atoms with Gasteiger partial charge in [0.25, 0.3) is 0 Å². The van der Waals surface area contributed by atoms with E-state index in [1.54, 1.807) is 0 Å². The molecule has 0 bridgehead atoms. The zero-order chi connectivity index (χ0) is 16.8. The molecule has 0 aliphatic carbocycles. The van der Waals surface area contributed by atoms with Gasteiger partial charge in [0, 0.05) is 17.8 Å². The fraction of sp³-hybridized carbons (Fsp3) is 0.810. The molecular weight excluding hydrogens is 280 g/mol. The van der Waals surface area contributed by atoms with Gasteiger partial charge in [0.15, 0.2) is 0 Å². The van der Waals surface area contributed by atoms with Gasteiger partial charge in [0.1, 0.15) is 5.82 Å². The molecule has 0 amide bonds. The third-order valence-corrected chi connectivity index (χ3v) is 4.43. The first-order valence-corrected chi connectivity index (χ1v) is 10.2. The van der Waals surface area contributed by atoms with Crippen molar-refractivity contribution in [3.05, 3.63) is 23.3 Å². The van der Waals surface area contributed by atoms with Crippen LogP contribution in [0.15, 0.2) is 6.07 Å². The molecule has 2 heteroatoms. The number of unbranched alkanes of at least 4 members (excludes halogenated alkanes) is 8. The van der Waals surface area contributed by atoms with E-state index in [-0.39, 0.29) is 0 Å². The molecule has 0 atom stereocenters. The highest BCUT2D eigenvalue weighted by molar-refractivity contribution is 5.12. The second-order valence-electron chi connectivity index (χ2n) is 6.85. The monoisotopic (exact) mass is 318 g/mol. The molecule has 0 aromatic carbocycles. The molecule has 0 N–H and O–H groups in total. The molecule has 0 aliphatic heterocycles. The Morgan fingerprint density at radius 3 is 1.48 bits per heavy atom. The van der Waals surface area contributed by atoms with Gasteiger partial charge in [-0.05, 0) is 38.2 Å². The SMILES string of the molecule is CCCCCCCc1cc(CCCCCCC)nc(CCC)n1. The van der Waals surface area contributed by atoms with E-state index in [1.165, 1.54) is 75.6 Å². The number of aryl methyl sites for hydroxylation is 3. The van der Waals surface area contributed by atoms with Crippen molar-refractivity contribution in [2.45, 2.75) is 111 Å². The van der Waals surface area contributed by atoms with E-state index in [2.05, 4.69) is 26.8 Å². The summed E-state index contributed by atoms with van der Waals surface area (Å²) >= 11 is 0. The summed E-state index contributed by atoms with van der Waals surface area (Å²) in [5.74, 6) is 1.07. The summed E-state index contributed by atoms with van der Waals surface area (Å²) in [4.78, 5) is 9.58. The Hall–Kier alpha value is -0.920. The summed E-state index contributed by atoms with van der Waals surface area (Å²) < 4.78 is 0. The maximum absolute atomic E-state index is 4.79. The molecule has 0 saturated heterocycles. The Bertz CT molecular complexity index is 369. The summed E-state index contributed by atoms with van der Waals surface area (Å²) in [5.41, 5.74) is 2.56. The van der Waals surface area contributed by atoms with E-state index in [0.29, 0.717) is 0 Å². The Morgan fingerprint density at radius 2 is 1.04 bits per heavy atom. The van der Waals surface area contributed by atoms with Crippen LogP contribution in [0.4, 0.5) is 0 Å². The van der Waals surface area contributed by atoms with Gasteiger partial charge < -0.3 is 0 Å². The standard InChI is InChI=1S/C21H38N2/c1-4-7-9-11-13-16-19-18-20(17-14-12-10-8-5-2)23-21(22-19)15-6-3/h18H,4-17H2,1-3H3. The summed E-state index contributed by atoms with van der Waals surface area (Å²) in [6.45, 7) is 6.76. The first-order chi connectivity index (χ1) is 11.3. The van der Waals surface area contributed by atoms with Crippen LogP contribution in [0.2, 0.25) is 0 Å². The van der Waals surface area contributed by atoms with Crippen LogP contribution in [0.3, 0.4) is 0 Å². The van der Waals surface area contributed by atoms with Crippen LogP contribution in [-0.2, 0) is 19.3 Å². The number of nitrogens with zero attached hydrogens (tertiary/aromatic N) is 2. The molecule has 1 rings (SSSR count). The Kier molecular flexibility index (Phi) is 11.8. The third-order valence-electron chi connectivity index (χ3n) is 4.43. The molecule has 1 aromatic heterocycles. The van der Waals surface area contributed by atoms with Crippen molar-refractivity contribution < 1.29 is 0 Å². The van der Waals surface area contributed by atoms with Gasteiger partial charge in [0.05, 0.1) is 0 Å². The van der Waals surface area contributed by atoms with Crippen LogP contribution in [0.25, 0.3) is 0 Å². The van der Waals surface area contributed by atoms with Gasteiger partial charge in [-0.2, -0.15) is 0 Å². The minimum absolute atomic E-state index is 1.02. The van der Waals surface area contributed by atoms with E-state index in [4.69, 9.17) is 9.97 Å². The molecule has 23 heavy (non-hydrogen) atoms. The summed E-state index contributed by atoms with van der Waals surface area (Å²) in [5, 5.41) is 0. The van der Waals surface area contributed by atoms with Crippen LogP contribution in [0, 0.1) is 0 Å². The second-order valence-corrected chi connectivity index (χ2v) is 6.85. The van der Waals surface area contributed by atoms with E-state index in [1.807, 2.05) is 0 Å². The zero-order valence-corrected chi connectivity index (χ0v) is 15.9. The zero-order valence-electron chi connectivity index (χ0n) is 15.9. The van der Waals surface area contributed by atoms with E-state index < -0.39 is 0 Å². The summed E-state index contributed by atoms with van der Waals surface area (Å²) in [6.07, 6.45) is 17.8.